The van der Waals surface area contributed by atoms with E-state index in [1.807, 2.05) is 18.2 Å². The van der Waals surface area contributed by atoms with Gasteiger partial charge >= 0.3 is 28.5 Å². The van der Waals surface area contributed by atoms with Crippen LogP contribution in [0.5, 0.6) is 0 Å². The molecule has 1 amide bonds. The van der Waals surface area contributed by atoms with Crippen LogP contribution in [0.2, 0.25) is 0 Å². The van der Waals surface area contributed by atoms with Gasteiger partial charge in [-0.15, -0.1) is 12.6 Å². The lowest BCUT2D eigenvalue weighted by Crippen LogP contribution is -2.28. The number of allylic oxidation sites excluding steroid dienone is 20. The number of hydrogen-bond acceptors (Lipinski definition) is 12. The van der Waals surface area contributed by atoms with Gasteiger partial charge in [-0.1, -0.05) is 223 Å². The molecular formula is C128H160N7O13S2+3. The van der Waals surface area contributed by atoms with Crippen molar-refractivity contribution in [3.05, 3.63) is 349 Å². The van der Waals surface area contributed by atoms with E-state index in [0.717, 1.165) is 88.2 Å². The van der Waals surface area contributed by atoms with Gasteiger partial charge in [0, 0.05) is 155 Å². The number of carboxylic acid groups (broad SMARTS) is 3. The topological polar surface area (TPSA) is 265 Å². The largest absolute Gasteiger partial charge is 0.481 e. The van der Waals surface area contributed by atoms with Crippen molar-refractivity contribution in [3.63, 3.8) is 0 Å². The van der Waals surface area contributed by atoms with Crippen molar-refractivity contribution in [2.45, 2.75) is 289 Å². The number of carbonyl (C=O) groups excluding carboxylic acids is 1. The first-order valence-corrected chi connectivity index (χ1v) is 55.6. The van der Waals surface area contributed by atoms with E-state index >= 15 is 0 Å². The van der Waals surface area contributed by atoms with Crippen LogP contribution >= 0.6 is 0 Å². The molecule has 9 aromatic rings. The lowest BCUT2D eigenvalue weighted by atomic mass is 9.78. The lowest BCUT2D eigenvalue weighted by Gasteiger charge is -2.27. The van der Waals surface area contributed by atoms with Crippen LogP contribution in [-0.2, 0) is 67.6 Å². The van der Waals surface area contributed by atoms with Crippen molar-refractivity contribution in [3.8, 4) is 0 Å². The number of fused-ring (bicyclic) bond motifs is 10. The standard InChI is InChI=1S/C47H57N3O6S.C44H50N2O2.C36H46N2O2.CH4.O3S/c1-8-9-28-49-40-24-16-34(3)32-39(40)47(6,7)43(49)26-18-35(19-27-44(51)48-37-22-20-36(21-23-37)45(52)53)14-10-11-15-42-46(4,5)38-31-33(2)17-25-41(38)50(42)29-12-13-30-57(54,55)56;1-9-45-36-23-19-32-27-29(3)15-21-34(32)41(36)43(5,6)38(45)25-17-31(13-11-12-14-40(47)48)18-26-39-44(7,8)42-35-22-16-30(4)28-33(35)20-24-37(42)46(39)10-2;1-9-37-30-19-15-25(3)23-28(30)35(5,6)32(37)21-17-27(13-11-12-14-34(39)40)18-22-33-36(7,8)29-24-26(4)16-20-31(29)38(33)10-2;;1-4(2)3/h10-11,14-18,20-26,31-32H,8-9,12-13,19,27-30H2,1-7H3,(H2-,48,51,52,53,54,55,56);15-28H,9-14H2,1-8H3;15-24H,9-14H2,1-8H3;1H4;/p+3. The van der Waals surface area contributed by atoms with Gasteiger partial charge in [0.05, 0.1) is 27.6 Å². The molecule has 0 unspecified atom stereocenters. The summed E-state index contributed by atoms with van der Waals surface area (Å²) in [6, 6.07) is 55.5. The molecule has 0 aliphatic carbocycles. The Hall–Kier alpha value is -13.3. The normalized spacial score (nSPS) is 17.2. The predicted molar refractivity (Wildman–Crippen MR) is 620 cm³/mol. The molecule has 0 spiro atoms. The number of carbonyl (C=O) groups is 4. The van der Waals surface area contributed by atoms with E-state index in [1.165, 1.54) is 169 Å². The minimum atomic E-state index is -4.02. The maximum Gasteiger partial charge on any atom is 0.425 e. The van der Waals surface area contributed by atoms with Gasteiger partial charge < -0.3 is 35.3 Å². The summed E-state index contributed by atoms with van der Waals surface area (Å²) in [5.74, 6) is -2.91. The zero-order valence-corrected chi connectivity index (χ0v) is 93.5. The van der Waals surface area contributed by atoms with Crippen LogP contribution in [0, 0.1) is 41.5 Å². The highest BCUT2D eigenvalue weighted by atomic mass is 32.2. The summed E-state index contributed by atoms with van der Waals surface area (Å²) in [5.41, 5.74) is 33.6. The SMILES string of the molecule is C.CCCC[N+]1=C(/C=C/C(=C/C=C/C=C2/N(CCCCS(=O)(=O)O)c3ccc(C)cc3C2(C)C)CCC(=O)Nc2ccc(C(=O)O)cc2)C(C)(C)c2cc(C)ccc21.CCN1/C(=C/C=C(/C=C/C2=[N+](CC)c3ccc(C)cc3C2(C)C)CCCCC(=O)O)C(C)(C)c2cc(C)ccc21.CCN1/C(=C/C=C(/C=C/C2=[N+](CC)c3ccc4cc(C)ccc4c3C2(C)C)CCCCC(=O)O)C(C)(C)c2c1ccc1cc(C)ccc21.O=S(=O)=O. The fraction of sp³-hybridized carbons (Fsp3) is 0.398. The van der Waals surface area contributed by atoms with Crippen molar-refractivity contribution in [2.24, 2.45) is 0 Å². The number of unbranched alkanes of at least 4 members (excludes halogenated alkanes) is 4. The number of aliphatic carboxylic acids is 2. The Morgan fingerprint density at radius 1 is 0.393 bits per heavy atom. The van der Waals surface area contributed by atoms with E-state index in [1.54, 1.807) is 12.1 Å². The molecule has 794 valence electrons. The third kappa shape index (κ3) is 26.8. The number of amides is 1. The molecule has 150 heavy (non-hydrogen) atoms. The van der Waals surface area contributed by atoms with Gasteiger partial charge in [-0.3, -0.25) is 18.9 Å². The molecule has 6 aliphatic rings. The maximum atomic E-state index is 13.2. The van der Waals surface area contributed by atoms with Gasteiger partial charge in [0.25, 0.3) is 10.1 Å². The molecule has 0 atom stereocenters. The van der Waals surface area contributed by atoms with Crippen LogP contribution in [-0.4, -0.2) is 141 Å². The van der Waals surface area contributed by atoms with Crippen LogP contribution < -0.4 is 20.0 Å². The molecule has 0 saturated heterocycles. The quantitative estimate of drug-likeness (QED) is 0.0105. The molecule has 9 aromatic carbocycles. The number of likely N-dealkylation sites (N-methyl/N-ethyl adjacent to an activating group) is 2. The number of anilines is 4. The molecule has 20 nitrogen and oxygen atoms in total. The molecule has 0 aromatic heterocycles. The maximum absolute atomic E-state index is 13.2. The van der Waals surface area contributed by atoms with Crippen molar-refractivity contribution >= 4 is 123 Å². The first-order valence-electron chi connectivity index (χ1n) is 53.0. The Morgan fingerprint density at radius 2 is 0.793 bits per heavy atom. The zero-order valence-electron chi connectivity index (χ0n) is 91.9. The number of rotatable bonds is 37. The molecule has 22 heteroatoms. The number of aryl methyl sites for hydroxylation is 6. The van der Waals surface area contributed by atoms with Gasteiger partial charge in [-0.25, -0.2) is 4.79 Å². The fourth-order valence-electron chi connectivity index (χ4n) is 22.6. The molecule has 0 bridgehead atoms. The summed E-state index contributed by atoms with van der Waals surface area (Å²) in [4.78, 5) is 54.1. The second-order valence-corrected chi connectivity index (χ2v) is 45.6. The van der Waals surface area contributed by atoms with Gasteiger partial charge in [0.1, 0.15) is 19.6 Å². The van der Waals surface area contributed by atoms with Gasteiger partial charge in [-0.2, -0.15) is 22.1 Å². The summed E-state index contributed by atoms with van der Waals surface area (Å²) < 4.78 is 64.8. The van der Waals surface area contributed by atoms with E-state index in [2.05, 4.69) is 393 Å². The highest BCUT2D eigenvalue weighted by molar-refractivity contribution is 7.85. The molecule has 0 radical (unpaired) electrons. The predicted octanol–water partition coefficient (Wildman–Crippen LogP) is 29.0. The highest BCUT2D eigenvalue weighted by Crippen LogP contribution is 2.54. The van der Waals surface area contributed by atoms with Gasteiger partial charge in [0.15, 0.2) is 17.1 Å². The monoisotopic (exact) mass is 2070 g/mol. The molecule has 0 saturated carbocycles. The lowest BCUT2D eigenvalue weighted by molar-refractivity contribution is -0.438. The Balaban J connectivity index is 0.000000212. The van der Waals surface area contributed by atoms with Crippen molar-refractivity contribution in [2.75, 3.05) is 65.0 Å². The number of nitrogens with zero attached hydrogens (tertiary/aromatic N) is 6. The summed E-state index contributed by atoms with van der Waals surface area (Å²) >= 11 is 0. The number of aromatic carboxylic acids is 1. The second-order valence-electron chi connectivity index (χ2n) is 43.6. The molecule has 5 N–H and O–H groups in total. The van der Waals surface area contributed by atoms with E-state index < -0.39 is 38.6 Å². The summed E-state index contributed by atoms with van der Waals surface area (Å²) in [5, 5.41) is 35.8. The highest BCUT2D eigenvalue weighted by Gasteiger charge is 2.49. The number of carboxylic acids is 3. The van der Waals surface area contributed by atoms with Crippen molar-refractivity contribution in [1.82, 2.24) is 0 Å². The van der Waals surface area contributed by atoms with E-state index in [-0.39, 0.29) is 76.4 Å². The first kappa shape index (κ1) is 117. The van der Waals surface area contributed by atoms with E-state index in [4.69, 9.17) is 17.7 Å². The Morgan fingerprint density at radius 3 is 1.27 bits per heavy atom. The number of hydrogen-bond donors (Lipinski definition) is 5. The smallest absolute Gasteiger partial charge is 0.425 e. The minimum absolute atomic E-state index is 0. The average molecular weight is 2070 g/mol. The molecule has 0 fully saturated rings. The van der Waals surface area contributed by atoms with Gasteiger partial charge in [0.2, 0.25) is 23.0 Å². The number of benzene rings is 9. The number of nitrogens with one attached hydrogen (secondary N) is 1. The summed E-state index contributed by atoms with van der Waals surface area (Å²) in [6.45, 7) is 56.7. The third-order valence-corrected chi connectivity index (χ3v) is 31.2. The van der Waals surface area contributed by atoms with Crippen LogP contribution in [0.4, 0.5) is 39.8 Å². The van der Waals surface area contributed by atoms with Crippen LogP contribution in [0.25, 0.3) is 21.5 Å². The second kappa shape index (κ2) is 49.7. The first-order chi connectivity index (χ1) is 70.4. The molecule has 6 heterocycles. The average Bonchev–Trinajstić information content (AvgIpc) is 1.57. The Bertz CT molecular complexity index is 7320. The zero-order chi connectivity index (χ0) is 109. The molecule has 6 aliphatic heterocycles. The van der Waals surface area contributed by atoms with Crippen LogP contribution in [0.1, 0.15) is 292 Å². The molecule has 15 rings (SSSR count). The molecular weight excluding hydrogens is 1910 g/mol. The summed E-state index contributed by atoms with van der Waals surface area (Å²) in [7, 11) is -7.13. The fourth-order valence-corrected chi connectivity index (χ4v) is 23.2. The van der Waals surface area contributed by atoms with Crippen LogP contribution in [0.3, 0.4) is 0 Å². The van der Waals surface area contributed by atoms with Crippen molar-refractivity contribution < 1.29 is 73.8 Å². The Kier molecular flexibility index (Phi) is 38.7. The van der Waals surface area contributed by atoms with Gasteiger partial charge in [-0.05, 0) is 302 Å². The minimum Gasteiger partial charge on any atom is -0.481 e. The summed E-state index contributed by atoms with van der Waals surface area (Å²) in [6.07, 6.45) is 39.8. The van der Waals surface area contributed by atoms with E-state index in [9.17, 15) is 42.4 Å². The van der Waals surface area contributed by atoms with E-state index in [0.29, 0.717) is 44.3 Å². The third-order valence-electron chi connectivity index (χ3n) is 30.4. The van der Waals surface area contributed by atoms with Crippen LogP contribution in [0.15, 0.2) is 277 Å². The van der Waals surface area contributed by atoms with Crippen molar-refractivity contribution in [1.29, 1.82) is 0 Å². The Labute approximate surface area is 893 Å².